The van der Waals surface area contributed by atoms with Crippen molar-refractivity contribution in [2.45, 2.75) is 12.6 Å². The standard InChI is InChI=1S/C18H12F6N2O/c1-27-16-7-2-10(8-13(16)19)15-9-14(17(20)21)25-26(15)12-5-3-11(4-6-12)18(22,23)24/h2-9,17H,1H3. The maximum absolute atomic E-state index is 14.0. The minimum atomic E-state index is -4.53. The van der Waals surface area contributed by atoms with E-state index >= 15 is 0 Å². The maximum atomic E-state index is 14.0. The predicted octanol–water partition coefficient (Wildman–Crippen LogP) is 5.64. The molecule has 3 aromatic rings. The molecule has 0 fully saturated rings. The van der Waals surface area contributed by atoms with Gasteiger partial charge in [0.1, 0.15) is 5.69 Å². The van der Waals surface area contributed by atoms with Crippen molar-refractivity contribution in [3.63, 3.8) is 0 Å². The SMILES string of the molecule is COc1ccc(-c2cc(C(F)F)nn2-c2ccc(C(F)(F)F)cc2)cc1F. The predicted molar refractivity (Wildman–Crippen MR) is 85.5 cm³/mol. The average Bonchev–Trinajstić information content (AvgIpc) is 3.06. The first-order chi connectivity index (χ1) is 12.7. The van der Waals surface area contributed by atoms with E-state index in [0.29, 0.717) is 0 Å². The van der Waals surface area contributed by atoms with E-state index in [-0.39, 0.29) is 22.7 Å². The molecule has 0 aliphatic rings. The largest absolute Gasteiger partial charge is 0.494 e. The number of methoxy groups -OCH3 is 1. The summed E-state index contributed by atoms with van der Waals surface area (Å²) >= 11 is 0. The Morgan fingerprint density at radius 1 is 1.00 bits per heavy atom. The van der Waals surface area contributed by atoms with Crippen molar-refractivity contribution in [1.29, 1.82) is 0 Å². The van der Waals surface area contributed by atoms with Gasteiger partial charge in [-0.1, -0.05) is 0 Å². The van der Waals surface area contributed by atoms with Crippen LogP contribution >= 0.6 is 0 Å². The van der Waals surface area contributed by atoms with Gasteiger partial charge in [0.25, 0.3) is 6.43 Å². The molecular formula is C18H12F6N2O. The number of nitrogens with zero attached hydrogens (tertiary/aromatic N) is 2. The van der Waals surface area contributed by atoms with E-state index in [1.165, 1.54) is 19.2 Å². The molecular weight excluding hydrogens is 374 g/mol. The van der Waals surface area contributed by atoms with E-state index in [0.717, 1.165) is 41.1 Å². The van der Waals surface area contributed by atoms with Crippen molar-refractivity contribution >= 4 is 0 Å². The smallest absolute Gasteiger partial charge is 0.416 e. The summed E-state index contributed by atoms with van der Waals surface area (Å²) in [5, 5.41) is 3.75. The number of ether oxygens (including phenoxy) is 1. The molecule has 3 rings (SSSR count). The molecule has 0 N–H and O–H groups in total. The Balaban J connectivity index is 2.11. The Kier molecular flexibility index (Phi) is 4.86. The van der Waals surface area contributed by atoms with Crippen LogP contribution in [0, 0.1) is 5.82 Å². The van der Waals surface area contributed by atoms with E-state index in [4.69, 9.17) is 4.74 Å². The van der Waals surface area contributed by atoms with Gasteiger partial charge in [-0.15, -0.1) is 0 Å². The summed E-state index contributed by atoms with van der Waals surface area (Å²) < 4.78 is 84.2. The molecule has 0 spiro atoms. The molecule has 9 heteroatoms. The minimum absolute atomic E-state index is 0.0339. The zero-order valence-electron chi connectivity index (χ0n) is 13.8. The van der Waals surface area contributed by atoms with Crippen molar-refractivity contribution < 1.29 is 31.1 Å². The Bertz CT molecular complexity index is 947. The molecule has 1 aromatic heterocycles. The zero-order valence-corrected chi connectivity index (χ0v) is 13.8. The van der Waals surface area contributed by atoms with E-state index in [1.807, 2.05) is 0 Å². The molecule has 27 heavy (non-hydrogen) atoms. The molecule has 142 valence electrons. The summed E-state index contributed by atoms with van der Waals surface area (Å²) in [5.41, 5.74) is -1.02. The summed E-state index contributed by atoms with van der Waals surface area (Å²) in [6, 6.07) is 8.73. The first-order valence-corrected chi connectivity index (χ1v) is 7.60. The summed E-state index contributed by atoms with van der Waals surface area (Å²) in [5.74, 6) is -0.748. The maximum Gasteiger partial charge on any atom is 0.416 e. The number of benzene rings is 2. The average molecular weight is 386 g/mol. The lowest BCUT2D eigenvalue weighted by Gasteiger charge is -2.11. The topological polar surface area (TPSA) is 27.1 Å². The normalized spacial score (nSPS) is 11.9. The van der Waals surface area contributed by atoms with Crippen LogP contribution in [0.3, 0.4) is 0 Å². The third-order valence-corrected chi connectivity index (χ3v) is 3.84. The lowest BCUT2D eigenvalue weighted by molar-refractivity contribution is -0.137. The molecule has 2 aromatic carbocycles. The minimum Gasteiger partial charge on any atom is -0.494 e. The van der Waals surface area contributed by atoms with Crippen LogP contribution in [0.15, 0.2) is 48.5 Å². The van der Waals surface area contributed by atoms with Crippen LogP contribution in [0.4, 0.5) is 26.3 Å². The van der Waals surface area contributed by atoms with Crippen molar-refractivity contribution in [2.24, 2.45) is 0 Å². The van der Waals surface area contributed by atoms with Gasteiger partial charge in [0.2, 0.25) is 0 Å². The second-order valence-corrected chi connectivity index (χ2v) is 5.56. The number of rotatable bonds is 4. The van der Waals surface area contributed by atoms with Crippen LogP contribution in [0.2, 0.25) is 0 Å². The number of hydrogen-bond acceptors (Lipinski definition) is 2. The Hall–Kier alpha value is -2.97. The van der Waals surface area contributed by atoms with E-state index in [9.17, 15) is 26.3 Å². The Labute approximate surface area is 149 Å². The van der Waals surface area contributed by atoms with Crippen molar-refractivity contribution in [2.75, 3.05) is 7.11 Å². The molecule has 0 bridgehead atoms. The van der Waals surface area contributed by atoms with Crippen LogP contribution in [-0.2, 0) is 6.18 Å². The van der Waals surface area contributed by atoms with Gasteiger partial charge in [0.05, 0.1) is 24.1 Å². The number of halogens is 6. The lowest BCUT2D eigenvalue weighted by Crippen LogP contribution is -2.06. The first-order valence-electron chi connectivity index (χ1n) is 7.60. The number of alkyl halides is 5. The molecule has 3 nitrogen and oxygen atoms in total. The quantitative estimate of drug-likeness (QED) is 0.543. The molecule has 0 atom stereocenters. The van der Waals surface area contributed by atoms with Gasteiger partial charge in [-0.3, -0.25) is 0 Å². The fraction of sp³-hybridized carbons (Fsp3) is 0.167. The third-order valence-electron chi connectivity index (χ3n) is 3.84. The summed E-state index contributed by atoms with van der Waals surface area (Å²) in [6.45, 7) is 0. The monoisotopic (exact) mass is 386 g/mol. The van der Waals surface area contributed by atoms with Gasteiger partial charge in [0, 0.05) is 5.56 Å². The second kappa shape index (κ2) is 6.98. The van der Waals surface area contributed by atoms with Gasteiger partial charge < -0.3 is 4.74 Å². The van der Waals surface area contributed by atoms with Gasteiger partial charge in [0.15, 0.2) is 11.6 Å². The fourth-order valence-corrected chi connectivity index (χ4v) is 2.53. The molecule has 0 aliphatic heterocycles. The van der Waals surface area contributed by atoms with Crippen LogP contribution in [0.5, 0.6) is 5.75 Å². The van der Waals surface area contributed by atoms with Crippen molar-refractivity contribution in [3.05, 3.63) is 65.6 Å². The van der Waals surface area contributed by atoms with E-state index in [1.54, 1.807) is 0 Å². The van der Waals surface area contributed by atoms with E-state index in [2.05, 4.69) is 5.10 Å². The third kappa shape index (κ3) is 3.76. The summed E-state index contributed by atoms with van der Waals surface area (Å²) in [7, 11) is 1.28. The molecule has 0 amide bonds. The Morgan fingerprint density at radius 3 is 2.19 bits per heavy atom. The highest BCUT2D eigenvalue weighted by molar-refractivity contribution is 5.64. The van der Waals surface area contributed by atoms with Gasteiger partial charge in [-0.2, -0.15) is 18.3 Å². The summed E-state index contributed by atoms with van der Waals surface area (Å²) in [4.78, 5) is 0. The van der Waals surface area contributed by atoms with E-state index < -0.39 is 29.7 Å². The second-order valence-electron chi connectivity index (χ2n) is 5.56. The molecule has 1 heterocycles. The van der Waals surface area contributed by atoms with Crippen LogP contribution < -0.4 is 4.74 Å². The van der Waals surface area contributed by atoms with Crippen molar-refractivity contribution in [3.8, 4) is 22.7 Å². The zero-order chi connectivity index (χ0) is 19.8. The van der Waals surface area contributed by atoms with Gasteiger partial charge >= 0.3 is 6.18 Å². The summed E-state index contributed by atoms with van der Waals surface area (Å²) in [6.07, 6.45) is -7.43. The highest BCUT2D eigenvalue weighted by Crippen LogP contribution is 2.33. The first kappa shape index (κ1) is 18.8. The fourth-order valence-electron chi connectivity index (χ4n) is 2.53. The van der Waals surface area contributed by atoms with Gasteiger partial charge in [-0.05, 0) is 48.5 Å². The highest BCUT2D eigenvalue weighted by atomic mass is 19.4. The van der Waals surface area contributed by atoms with Crippen LogP contribution in [0.1, 0.15) is 17.7 Å². The number of aromatic nitrogens is 2. The lowest BCUT2D eigenvalue weighted by atomic mass is 10.1. The number of hydrogen-bond donors (Lipinski definition) is 0. The molecule has 0 saturated heterocycles. The molecule has 0 saturated carbocycles. The van der Waals surface area contributed by atoms with Gasteiger partial charge in [-0.25, -0.2) is 17.9 Å². The molecule has 0 radical (unpaired) electrons. The Morgan fingerprint density at radius 2 is 1.67 bits per heavy atom. The molecule has 0 aliphatic carbocycles. The molecule has 0 unspecified atom stereocenters. The van der Waals surface area contributed by atoms with Crippen LogP contribution in [0.25, 0.3) is 16.9 Å². The van der Waals surface area contributed by atoms with Crippen molar-refractivity contribution in [1.82, 2.24) is 9.78 Å². The highest BCUT2D eigenvalue weighted by Gasteiger charge is 2.30. The van der Waals surface area contributed by atoms with Crippen LogP contribution in [-0.4, -0.2) is 16.9 Å².